The number of carbonyl (C=O) groups excluding carboxylic acids is 1. The van der Waals surface area contributed by atoms with Gasteiger partial charge in [-0.05, 0) is 24.3 Å². The average Bonchev–Trinajstić information content (AvgIpc) is 3.15. The minimum atomic E-state index is -0.474. The highest BCUT2D eigenvalue weighted by atomic mass is 32.2. The fraction of sp³-hybridized carbons (Fsp3) is 0.118. The topological polar surface area (TPSA) is 108 Å². The zero-order valence-electron chi connectivity index (χ0n) is 13.6. The van der Waals surface area contributed by atoms with E-state index in [1.807, 2.05) is 12.1 Å². The number of ether oxygens (including phenoxy) is 1. The van der Waals surface area contributed by atoms with Crippen LogP contribution in [0.3, 0.4) is 0 Å². The number of nitro benzene ring substituents is 1. The molecule has 3 rings (SSSR count). The fourth-order valence-electron chi connectivity index (χ4n) is 2.16. The lowest BCUT2D eigenvalue weighted by atomic mass is 10.2. The monoisotopic (exact) mass is 371 g/mol. The largest absolute Gasteiger partial charge is 0.465 e. The van der Waals surface area contributed by atoms with E-state index in [-0.39, 0.29) is 11.6 Å². The molecule has 0 aliphatic rings. The Kier molecular flexibility index (Phi) is 5.28. The van der Waals surface area contributed by atoms with E-state index in [1.165, 1.54) is 31.0 Å². The molecule has 1 aromatic heterocycles. The Balaban J connectivity index is 1.72. The Morgan fingerprint density at radius 1 is 1.19 bits per heavy atom. The second-order valence-electron chi connectivity index (χ2n) is 5.08. The van der Waals surface area contributed by atoms with Crippen molar-refractivity contribution in [3.05, 3.63) is 70.1 Å². The van der Waals surface area contributed by atoms with Crippen LogP contribution in [0.5, 0.6) is 0 Å². The van der Waals surface area contributed by atoms with Gasteiger partial charge in [0.15, 0.2) is 0 Å². The van der Waals surface area contributed by atoms with Crippen LogP contribution in [-0.2, 0) is 10.5 Å². The summed E-state index contributed by atoms with van der Waals surface area (Å²) < 4.78 is 10.4. The molecule has 0 bridgehead atoms. The molecule has 0 saturated carbocycles. The summed E-state index contributed by atoms with van der Waals surface area (Å²) in [5.41, 5.74) is 1.05. The first-order valence-electron chi connectivity index (χ1n) is 7.46. The summed E-state index contributed by atoms with van der Waals surface area (Å²) in [6, 6.07) is 12.9. The van der Waals surface area contributed by atoms with Gasteiger partial charge in [0.05, 0.1) is 23.3 Å². The van der Waals surface area contributed by atoms with Gasteiger partial charge in [0.2, 0.25) is 11.8 Å². The number of esters is 1. The Morgan fingerprint density at radius 3 is 2.62 bits per heavy atom. The highest BCUT2D eigenvalue weighted by Crippen LogP contribution is 2.28. The van der Waals surface area contributed by atoms with Crippen LogP contribution in [0.15, 0.2) is 57.8 Å². The van der Waals surface area contributed by atoms with Crippen molar-refractivity contribution in [2.45, 2.75) is 10.6 Å². The Morgan fingerprint density at radius 2 is 1.92 bits per heavy atom. The average molecular weight is 371 g/mol. The number of non-ortho nitro benzene ring substituents is 1. The summed E-state index contributed by atoms with van der Waals surface area (Å²) in [6.07, 6.45) is 0. The smallest absolute Gasteiger partial charge is 0.338 e. The quantitative estimate of drug-likeness (QED) is 0.279. The molecule has 0 radical (unpaired) electrons. The third-order valence-electron chi connectivity index (χ3n) is 3.44. The Hall–Kier alpha value is -3.20. The summed E-state index contributed by atoms with van der Waals surface area (Å²) in [4.78, 5) is 22.7. The van der Waals surface area contributed by atoms with Crippen molar-refractivity contribution in [3.63, 3.8) is 0 Å². The van der Waals surface area contributed by atoms with Crippen LogP contribution < -0.4 is 0 Å². The molecule has 0 aliphatic heterocycles. The molecule has 0 fully saturated rings. The lowest BCUT2D eigenvalue weighted by molar-refractivity contribution is -0.384. The van der Waals surface area contributed by atoms with Gasteiger partial charge in [-0.1, -0.05) is 12.1 Å². The number of nitrogens with zero attached hydrogens (tertiary/aromatic N) is 3. The standard InChI is InChI=1S/C17H13N3O5S/c1-24-17(21)13-4-2-3-5-14(13)26-10-15-18-19-16(25-15)11-6-8-12(9-7-11)20(22)23/h2-9H,10H2,1H3. The summed E-state index contributed by atoms with van der Waals surface area (Å²) in [5.74, 6) is 0.610. The van der Waals surface area contributed by atoms with Gasteiger partial charge in [0.1, 0.15) is 0 Å². The number of methoxy groups -OCH3 is 1. The van der Waals surface area contributed by atoms with Gasteiger partial charge in [-0.15, -0.1) is 22.0 Å². The van der Waals surface area contributed by atoms with Gasteiger partial charge in [0.25, 0.3) is 5.69 Å². The molecule has 0 aliphatic carbocycles. The van der Waals surface area contributed by atoms with Crippen molar-refractivity contribution in [2.75, 3.05) is 7.11 Å². The molecule has 0 amide bonds. The number of carbonyl (C=O) groups is 1. The highest BCUT2D eigenvalue weighted by molar-refractivity contribution is 7.98. The minimum absolute atomic E-state index is 0.0107. The SMILES string of the molecule is COC(=O)c1ccccc1SCc1nnc(-c2ccc([N+](=O)[O-])cc2)o1. The van der Waals surface area contributed by atoms with Gasteiger partial charge in [-0.3, -0.25) is 10.1 Å². The molecular weight excluding hydrogens is 358 g/mol. The molecule has 26 heavy (non-hydrogen) atoms. The Bertz CT molecular complexity index is 940. The van der Waals surface area contributed by atoms with E-state index in [4.69, 9.17) is 9.15 Å². The molecule has 132 valence electrons. The molecule has 3 aromatic rings. The van der Waals surface area contributed by atoms with Crippen LogP contribution in [0.4, 0.5) is 5.69 Å². The molecule has 8 nitrogen and oxygen atoms in total. The van der Waals surface area contributed by atoms with E-state index < -0.39 is 10.9 Å². The van der Waals surface area contributed by atoms with Gasteiger partial charge in [0, 0.05) is 22.6 Å². The number of hydrogen-bond acceptors (Lipinski definition) is 8. The second-order valence-corrected chi connectivity index (χ2v) is 6.10. The van der Waals surface area contributed by atoms with Crippen molar-refractivity contribution in [2.24, 2.45) is 0 Å². The normalized spacial score (nSPS) is 10.5. The van der Waals surface area contributed by atoms with E-state index in [1.54, 1.807) is 24.3 Å². The number of aromatic nitrogens is 2. The molecule has 0 atom stereocenters. The van der Waals surface area contributed by atoms with Crippen molar-refractivity contribution in [1.29, 1.82) is 0 Å². The summed E-state index contributed by atoms with van der Waals surface area (Å²) >= 11 is 1.37. The summed E-state index contributed by atoms with van der Waals surface area (Å²) in [6.45, 7) is 0. The lowest BCUT2D eigenvalue weighted by Gasteiger charge is -2.05. The zero-order chi connectivity index (χ0) is 18.5. The van der Waals surface area contributed by atoms with Crippen LogP contribution >= 0.6 is 11.8 Å². The molecule has 0 spiro atoms. The second kappa shape index (κ2) is 7.79. The summed E-state index contributed by atoms with van der Waals surface area (Å²) in [5, 5.41) is 18.6. The van der Waals surface area contributed by atoms with Crippen LogP contribution in [0, 0.1) is 10.1 Å². The number of thioether (sulfide) groups is 1. The van der Waals surface area contributed by atoms with Gasteiger partial charge in [-0.2, -0.15) is 0 Å². The molecule has 1 heterocycles. The van der Waals surface area contributed by atoms with Crippen molar-refractivity contribution in [3.8, 4) is 11.5 Å². The van der Waals surface area contributed by atoms with Crippen LogP contribution in [0.25, 0.3) is 11.5 Å². The predicted octanol–water partition coefficient (Wildman–Crippen LogP) is 3.72. The zero-order valence-corrected chi connectivity index (χ0v) is 14.4. The van der Waals surface area contributed by atoms with Gasteiger partial charge < -0.3 is 9.15 Å². The van der Waals surface area contributed by atoms with Crippen LogP contribution in [-0.4, -0.2) is 28.2 Å². The van der Waals surface area contributed by atoms with Gasteiger partial charge in [-0.25, -0.2) is 4.79 Å². The maximum atomic E-state index is 11.8. The van der Waals surface area contributed by atoms with Crippen LogP contribution in [0.1, 0.15) is 16.2 Å². The van der Waals surface area contributed by atoms with Crippen molar-refractivity contribution < 1.29 is 18.9 Å². The predicted molar refractivity (Wildman–Crippen MR) is 93.7 cm³/mol. The van der Waals surface area contributed by atoms with Crippen LogP contribution in [0.2, 0.25) is 0 Å². The van der Waals surface area contributed by atoms with E-state index in [2.05, 4.69) is 10.2 Å². The lowest BCUT2D eigenvalue weighted by Crippen LogP contribution is -2.02. The third-order valence-corrected chi connectivity index (χ3v) is 4.49. The highest BCUT2D eigenvalue weighted by Gasteiger charge is 2.14. The molecule has 9 heteroatoms. The Labute approximate surface area is 152 Å². The van der Waals surface area contributed by atoms with E-state index in [9.17, 15) is 14.9 Å². The van der Waals surface area contributed by atoms with Gasteiger partial charge >= 0.3 is 5.97 Å². The molecular formula is C17H13N3O5S. The van der Waals surface area contributed by atoms with Crippen molar-refractivity contribution in [1.82, 2.24) is 10.2 Å². The number of hydrogen-bond donors (Lipinski definition) is 0. The van der Waals surface area contributed by atoms with E-state index >= 15 is 0 Å². The number of nitro groups is 1. The first-order chi connectivity index (χ1) is 12.6. The number of benzene rings is 2. The number of rotatable bonds is 6. The molecule has 0 N–H and O–H groups in total. The van der Waals surface area contributed by atoms with Crippen molar-refractivity contribution >= 4 is 23.4 Å². The maximum Gasteiger partial charge on any atom is 0.338 e. The molecule has 2 aromatic carbocycles. The molecule has 0 saturated heterocycles. The van der Waals surface area contributed by atoms with E-state index in [0.29, 0.717) is 22.8 Å². The fourth-order valence-corrected chi connectivity index (χ4v) is 3.04. The molecule has 0 unspecified atom stereocenters. The first kappa shape index (κ1) is 17.6. The maximum absolute atomic E-state index is 11.8. The minimum Gasteiger partial charge on any atom is -0.465 e. The van der Waals surface area contributed by atoms with E-state index in [0.717, 1.165) is 4.90 Å². The summed E-state index contributed by atoms with van der Waals surface area (Å²) in [7, 11) is 1.33. The first-order valence-corrected chi connectivity index (χ1v) is 8.44. The third kappa shape index (κ3) is 3.89.